The zero-order valence-electron chi connectivity index (χ0n) is 22.5. The monoisotopic (exact) mass is 565 g/mol. The molecule has 0 unspecified atom stereocenters. The Morgan fingerprint density at radius 1 is 1.23 bits per heavy atom. The summed E-state index contributed by atoms with van der Waals surface area (Å²) < 4.78 is 46.5. The molecule has 0 saturated carbocycles. The molecule has 13 heteroatoms. The Kier molecular flexibility index (Phi) is 9.99. The first-order chi connectivity index (χ1) is 18.3. The van der Waals surface area contributed by atoms with Crippen LogP contribution < -0.4 is 20.1 Å². The van der Waals surface area contributed by atoms with Gasteiger partial charge >= 0.3 is 0 Å². The lowest BCUT2D eigenvalue weighted by molar-refractivity contribution is -0.118. The SMILES string of the molecule is COc1cc(NC(=O)[C@H](CC2CCN(C)CC2)NC(=O)c2ccc(F)cc2)cnc1S(=O)(=O)NC(C)(C)CO. The van der Waals surface area contributed by atoms with Crippen molar-refractivity contribution in [2.45, 2.75) is 49.7 Å². The molecule has 3 rings (SSSR count). The van der Waals surface area contributed by atoms with E-state index < -0.39 is 50.9 Å². The second kappa shape index (κ2) is 12.8. The highest BCUT2D eigenvalue weighted by Crippen LogP contribution is 2.27. The molecular weight excluding hydrogens is 529 g/mol. The number of hydrogen-bond acceptors (Lipinski definition) is 8. The maximum atomic E-state index is 13.4. The number of pyridine rings is 1. The van der Waals surface area contributed by atoms with E-state index in [9.17, 15) is 27.5 Å². The number of anilines is 1. The van der Waals surface area contributed by atoms with Crippen LogP contribution in [0, 0.1) is 11.7 Å². The van der Waals surface area contributed by atoms with Crippen molar-refractivity contribution >= 4 is 27.5 Å². The van der Waals surface area contributed by atoms with Crippen LogP contribution in [0.3, 0.4) is 0 Å². The van der Waals surface area contributed by atoms with E-state index in [0.717, 1.165) is 25.9 Å². The van der Waals surface area contributed by atoms with Gasteiger partial charge in [-0.1, -0.05) is 0 Å². The molecule has 11 nitrogen and oxygen atoms in total. The summed E-state index contributed by atoms with van der Waals surface area (Å²) in [7, 11) is -0.857. The van der Waals surface area contributed by atoms with Crippen molar-refractivity contribution in [2.24, 2.45) is 5.92 Å². The van der Waals surface area contributed by atoms with Crippen molar-refractivity contribution in [1.29, 1.82) is 0 Å². The quantitative estimate of drug-likeness (QED) is 0.322. The summed E-state index contributed by atoms with van der Waals surface area (Å²) >= 11 is 0. The van der Waals surface area contributed by atoms with Crippen LogP contribution in [0.2, 0.25) is 0 Å². The Bertz CT molecular complexity index is 1260. The molecule has 0 aliphatic carbocycles. The van der Waals surface area contributed by atoms with Crippen molar-refractivity contribution < 1.29 is 32.2 Å². The maximum Gasteiger partial charge on any atom is 0.262 e. The van der Waals surface area contributed by atoms with E-state index in [4.69, 9.17) is 4.74 Å². The third-order valence-corrected chi connectivity index (χ3v) is 8.14. The fourth-order valence-electron chi connectivity index (χ4n) is 4.23. The Balaban J connectivity index is 1.81. The van der Waals surface area contributed by atoms with Crippen LogP contribution in [0.1, 0.15) is 43.5 Å². The van der Waals surface area contributed by atoms with E-state index in [2.05, 4.69) is 25.2 Å². The molecule has 2 heterocycles. The number of piperidine rings is 1. The number of rotatable bonds is 11. The third-order valence-electron chi connectivity index (χ3n) is 6.50. The molecule has 1 saturated heterocycles. The average Bonchev–Trinajstić information content (AvgIpc) is 2.89. The number of nitrogens with one attached hydrogen (secondary N) is 3. The van der Waals surface area contributed by atoms with E-state index >= 15 is 0 Å². The number of likely N-dealkylation sites (tertiary alicyclic amines) is 1. The largest absolute Gasteiger partial charge is 0.494 e. The van der Waals surface area contributed by atoms with E-state index in [1.165, 1.54) is 57.5 Å². The van der Waals surface area contributed by atoms with Crippen LogP contribution in [0.5, 0.6) is 5.75 Å². The average molecular weight is 566 g/mol. The van der Waals surface area contributed by atoms with Gasteiger partial charge in [-0.15, -0.1) is 0 Å². The van der Waals surface area contributed by atoms with E-state index in [0.29, 0.717) is 6.42 Å². The van der Waals surface area contributed by atoms with Crippen LogP contribution in [0.25, 0.3) is 0 Å². The van der Waals surface area contributed by atoms with Gasteiger partial charge in [0.1, 0.15) is 11.9 Å². The number of aliphatic hydroxyl groups excluding tert-OH is 1. The van der Waals surface area contributed by atoms with Gasteiger partial charge in [0, 0.05) is 11.6 Å². The molecule has 1 aromatic carbocycles. The molecule has 2 amide bonds. The van der Waals surface area contributed by atoms with Gasteiger partial charge in [0.25, 0.3) is 15.9 Å². The summed E-state index contributed by atoms with van der Waals surface area (Å²) in [6.45, 7) is 4.34. The normalized spacial score (nSPS) is 15.9. The highest BCUT2D eigenvalue weighted by molar-refractivity contribution is 7.89. The molecule has 0 bridgehead atoms. The Hall–Kier alpha value is -3.13. The molecule has 0 radical (unpaired) electrons. The molecule has 1 aromatic heterocycles. The van der Waals surface area contributed by atoms with Crippen molar-refractivity contribution in [1.82, 2.24) is 19.9 Å². The maximum absolute atomic E-state index is 13.4. The van der Waals surface area contributed by atoms with Crippen LogP contribution in [0.4, 0.5) is 10.1 Å². The van der Waals surface area contributed by atoms with Gasteiger partial charge < -0.3 is 25.4 Å². The number of hydrogen-bond donors (Lipinski definition) is 4. The number of benzene rings is 1. The zero-order chi connectivity index (χ0) is 28.8. The fourth-order valence-corrected chi connectivity index (χ4v) is 5.71. The van der Waals surface area contributed by atoms with E-state index in [1.807, 2.05) is 7.05 Å². The third kappa shape index (κ3) is 8.43. The first kappa shape index (κ1) is 30.4. The number of sulfonamides is 1. The van der Waals surface area contributed by atoms with Crippen molar-refractivity contribution in [3.63, 3.8) is 0 Å². The van der Waals surface area contributed by atoms with Crippen molar-refractivity contribution in [3.8, 4) is 5.75 Å². The number of ether oxygens (including phenoxy) is 1. The predicted octanol–water partition coefficient (Wildman–Crippen LogP) is 1.75. The minimum Gasteiger partial charge on any atom is -0.494 e. The smallest absolute Gasteiger partial charge is 0.262 e. The van der Waals surface area contributed by atoms with Gasteiger partial charge in [-0.25, -0.2) is 22.5 Å². The van der Waals surface area contributed by atoms with Gasteiger partial charge in [0.2, 0.25) is 10.9 Å². The number of halogens is 1. The predicted molar refractivity (Wildman–Crippen MR) is 143 cm³/mol. The van der Waals surface area contributed by atoms with E-state index in [-0.39, 0.29) is 22.9 Å². The van der Waals surface area contributed by atoms with Crippen molar-refractivity contribution in [2.75, 3.05) is 39.2 Å². The second-order valence-electron chi connectivity index (χ2n) is 10.4. The molecule has 2 aromatic rings. The minimum atomic E-state index is -4.15. The molecule has 0 spiro atoms. The Labute approximate surface area is 228 Å². The van der Waals surface area contributed by atoms with Gasteiger partial charge in [0.15, 0.2) is 5.75 Å². The summed E-state index contributed by atoms with van der Waals surface area (Å²) in [5.41, 5.74) is -0.752. The topological polar surface area (TPSA) is 150 Å². The highest BCUT2D eigenvalue weighted by Gasteiger charge is 2.31. The number of aliphatic hydroxyl groups is 1. The van der Waals surface area contributed by atoms with Crippen LogP contribution in [-0.4, -0.2) is 80.7 Å². The lowest BCUT2D eigenvalue weighted by Crippen LogP contribution is -2.46. The summed E-state index contributed by atoms with van der Waals surface area (Å²) in [6.07, 6.45) is 3.30. The van der Waals surface area contributed by atoms with Gasteiger partial charge in [-0.05, 0) is 83.4 Å². The van der Waals surface area contributed by atoms with Gasteiger partial charge in [0.05, 0.1) is 31.1 Å². The molecule has 1 aliphatic rings. The minimum absolute atomic E-state index is 0.115. The van der Waals surface area contributed by atoms with Crippen LogP contribution in [0.15, 0.2) is 41.6 Å². The molecule has 39 heavy (non-hydrogen) atoms. The Morgan fingerprint density at radius 2 is 1.87 bits per heavy atom. The highest BCUT2D eigenvalue weighted by atomic mass is 32.2. The van der Waals surface area contributed by atoms with Gasteiger partial charge in [-0.2, -0.15) is 0 Å². The summed E-state index contributed by atoms with van der Waals surface area (Å²) in [5, 5.41) is 14.5. The second-order valence-corrected chi connectivity index (χ2v) is 12.0. The number of amides is 2. The number of methoxy groups -OCH3 is 1. The number of aromatic nitrogens is 1. The van der Waals surface area contributed by atoms with Crippen LogP contribution in [-0.2, 0) is 14.8 Å². The lowest BCUT2D eigenvalue weighted by atomic mass is 9.90. The molecule has 1 aliphatic heterocycles. The number of nitrogens with zero attached hydrogens (tertiary/aromatic N) is 2. The summed E-state index contributed by atoms with van der Waals surface area (Å²) in [5.74, 6) is -1.42. The molecule has 1 atom stereocenters. The van der Waals surface area contributed by atoms with Crippen molar-refractivity contribution in [3.05, 3.63) is 47.9 Å². The molecule has 1 fully saturated rings. The molecule has 214 valence electrons. The fraction of sp³-hybridized carbons (Fsp3) is 0.500. The summed E-state index contributed by atoms with van der Waals surface area (Å²) in [4.78, 5) is 32.4. The lowest BCUT2D eigenvalue weighted by Gasteiger charge is -2.31. The van der Waals surface area contributed by atoms with E-state index in [1.54, 1.807) is 0 Å². The molecular formula is C26H36FN5O6S. The van der Waals surface area contributed by atoms with Crippen LogP contribution >= 0.6 is 0 Å². The molecule has 4 N–H and O–H groups in total. The number of carbonyl (C=O) groups is 2. The number of carbonyl (C=O) groups excluding carboxylic acids is 2. The Morgan fingerprint density at radius 3 is 2.46 bits per heavy atom. The first-order valence-electron chi connectivity index (χ1n) is 12.6. The van der Waals surface area contributed by atoms with Gasteiger partial charge in [-0.3, -0.25) is 9.59 Å². The summed E-state index contributed by atoms with van der Waals surface area (Å²) in [6, 6.07) is 5.44. The zero-order valence-corrected chi connectivity index (χ0v) is 23.3. The first-order valence-corrected chi connectivity index (χ1v) is 14.1. The standard InChI is InChI=1S/C26H36FN5O6S/c1-26(2,16-33)31-39(36,37)25-22(38-4)14-20(15-28-25)29-24(35)21(13-17-9-11-32(3)12-10-17)30-23(34)18-5-7-19(27)8-6-18/h5-8,14-15,17,21,31,33H,9-13,16H2,1-4H3,(H,29,35)(H,30,34)/t21-/m0/s1.